The molecule has 0 saturated carbocycles. The summed E-state index contributed by atoms with van der Waals surface area (Å²) in [5, 5.41) is 25.2. The van der Waals surface area contributed by atoms with E-state index in [0.29, 0.717) is 0 Å². The van der Waals surface area contributed by atoms with Gasteiger partial charge in [0.15, 0.2) is 0 Å². The number of imidazole rings is 4. The average molecular weight is 590 g/mol. The molecule has 232 valence electrons. The fourth-order valence-electron chi connectivity index (χ4n) is 2.76. The van der Waals surface area contributed by atoms with Gasteiger partial charge in [0.2, 0.25) is 25.3 Å². The summed E-state index contributed by atoms with van der Waals surface area (Å²) in [6, 6.07) is 0. The van der Waals surface area contributed by atoms with Crippen LogP contribution < -0.4 is 33.3 Å². The maximum atomic E-state index is 9.75. The summed E-state index contributed by atoms with van der Waals surface area (Å²) in [4.78, 5) is 0. The largest absolute Gasteiger partial charge is 0.907 e. The summed E-state index contributed by atoms with van der Waals surface area (Å²) in [7, 11) is -0.837. The van der Waals surface area contributed by atoms with E-state index in [-0.39, 0.29) is 0 Å². The predicted octanol–water partition coefficient (Wildman–Crippen LogP) is -1.32. The predicted molar refractivity (Wildman–Crippen MR) is 141 cm³/mol. The lowest BCUT2D eigenvalue weighted by molar-refractivity contribution is -0.693. The van der Waals surface area contributed by atoms with E-state index in [1.165, 1.54) is 0 Å². The molecule has 0 aliphatic carbocycles. The number of rotatable bonds is 4. The molecule has 0 aliphatic rings. The molecule has 4 aromatic rings. The monoisotopic (exact) mass is 590 g/mol. The summed E-state index contributed by atoms with van der Waals surface area (Å²) >= 11 is 0. The molecule has 0 unspecified atom stereocenters. The van der Waals surface area contributed by atoms with Gasteiger partial charge in [0.25, 0.3) is 0 Å². The van der Waals surface area contributed by atoms with Crippen LogP contribution in [0.4, 0.5) is 17.3 Å². The van der Waals surface area contributed by atoms with E-state index in [1.54, 1.807) is 0 Å². The zero-order chi connectivity index (χ0) is 32.0. The molecule has 0 aliphatic heterocycles. The summed E-state index contributed by atoms with van der Waals surface area (Å²) in [6.07, 6.45) is 24.6. The van der Waals surface area contributed by atoms with Gasteiger partial charge >= 0.3 is 7.25 Å². The van der Waals surface area contributed by atoms with E-state index >= 15 is 0 Å². The molecular weight excluding hydrogens is 546 g/mol. The molecule has 0 N–H and O–H groups in total. The summed E-state index contributed by atoms with van der Waals surface area (Å²) in [5.74, 6) is 0. The first-order chi connectivity index (χ1) is 19.0. The van der Waals surface area contributed by atoms with Gasteiger partial charge in [-0.25, -0.2) is 36.5 Å². The van der Waals surface area contributed by atoms with Gasteiger partial charge in [0.1, 0.15) is 49.6 Å². The summed E-state index contributed by atoms with van der Waals surface area (Å²) in [6.45, 7) is 12.7. The molecular formula is C24H44B2F4N8O3. The standard InChI is InChI=1S/4C6H11N2.BF4.BO3/c4*1-3-8-5-4-7(2)6-8;2-1(3,4)5;2-1(3)4/h4*4-6H,3H2,1-2H3;;/q4*+1;-1;-3. The fraction of sp³-hybridized carbons (Fsp3) is 0.500. The molecule has 0 spiro atoms. The van der Waals surface area contributed by atoms with E-state index in [4.69, 9.17) is 15.1 Å². The van der Waals surface area contributed by atoms with Gasteiger partial charge in [-0.15, -0.1) is 0 Å². The van der Waals surface area contributed by atoms with Gasteiger partial charge in [0.05, 0.1) is 54.4 Å². The Hall–Kier alpha value is -3.43. The molecule has 0 fully saturated rings. The molecule has 0 atom stereocenters. The van der Waals surface area contributed by atoms with Crippen molar-refractivity contribution in [3.8, 4) is 0 Å². The van der Waals surface area contributed by atoms with Crippen LogP contribution in [-0.4, -0.2) is 32.8 Å². The maximum Gasteiger partial charge on any atom is 0.673 e. The first-order valence-corrected chi connectivity index (χ1v) is 12.9. The SMILES string of the molecule is CC[n+]1ccn(C)c1.CC[n+]1ccn(C)c1.CC[n+]1ccn(C)c1.CC[n+]1ccn(C)c1.F[B-](F)(F)F.[O-]B([O-])[O-]. The number of hydrogen-bond donors (Lipinski definition) is 0. The van der Waals surface area contributed by atoms with Gasteiger partial charge in [0, 0.05) is 0 Å². The molecule has 4 rings (SSSR count). The van der Waals surface area contributed by atoms with Crippen molar-refractivity contribution in [2.45, 2.75) is 53.9 Å². The Bertz CT molecular complexity index is 994. The maximum absolute atomic E-state index is 9.75. The lowest BCUT2D eigenvalue weighted by Crippen LogP contribution is -2.56. The third kappa shape index (κ3) is 26.6. The second-order valence-corrected chi connectivity index (χ2v) is 8.42. The zero-order valence-corrected chi connectivity index (χ0v) is 25.2. The van der Waals surface area contributed by atoms with Crippen molar-refractivity contribution in [2.75, 3.05) is 0 Å². The minimum Gasteiger partial charge on any atom is -0.907 e. The number of nitrogens with zero attached hydrogens (tertiary/aromatic N) is 8. The first-order valence-electron chi connectivity index (χ1n) is 12.9. The first kappa shape index (κ1) is 39.7. The lowest BCUT2D eigenvalue weighted by atomic mass is 10.3. The molecule has 41 heavy (non-hydrogen) atoms. The van der Waals surface area contributed by atoms with E-state index in [9.17, 15) is 17.3 Å². The van der Waals surface area contributed by atoms with Crippen LogP contribution in [0.15, 0.2) is 74.9 Å². The molecule has 0 saturated heterocycles. The van der Waals surface area contributed by atoms with Crippen LogP contribution in [0.3, 0.4) is 0 Å². The van der Waals surface area contributed by atoms with Crippen LogP contribution in [0.1, 0.15) is 27.7 Å². The zero-order valence-electron chi connectivity index (χ0n) is 25.2. The van der Waals surface area contributed by atoms with Crippen molar-refractivity contribution in [2.24, 2.45) is 28.2 Å². The molecule has 17 heteroatoms. The van der Waals surface area contributed by atoms with Crippen molar-refractivity contribution in [3.05, 3.63) is 74.9 Å². The summed E-state index contributed by atoms with van der Waals surface area (Å²) < 4.78 is 55.6. The van der Waals surface area contributed by atoms with Crippen molar-refractivity contribution in [1.29, 1.82) is 0 Å². The van der Waals surface area contributed by atoms with Crippen LogP contribution in [-0.2, 0) is 54.4 Å². The second kappa shape index (κ2) is 22.3. The third-order valence-electron chi connectivity index (χ3n) is 4.76. The van der Waals surface area contributed by atoms with Crippen LogP contribution >= 0.6 is 0 Å². The normalized spacial score (nSPS) is 9.73. The van der Waals surface area contributed by atoms with Crippen LogP contribution in [0.5, 0.6) is 0 Å². The summed E-state index contributed by atoms with van der Waals surface area (Å²) in [5.41, 5.74) is 0. The number of aryl methyl sites for hydroxylation is 8. The Morgan fingerprint density at radius 1 is 0.512 bits per heavy atom. The quantitative estimate of drug-likeness (QED) is 0.168. The smallest absolute Gasteiger partial charge is 0.673 e. The van der Waals surface area contributed by atoms with E-state index < -0.39 is 14.6 Å². The molecule has 4 heterocycles. The average Bonchev–Trinajstić information content (AvgIpc) is 3.68. The minimum atomic E-state index is -6.00. The second-order valence-electron chi connectivity index (χ2n) is 8.42. The molecule has 0 amide bonds. The fourth-order valence-corrected chi connectivity index (χ4v) is 2.76. The van der Waals surface area contributed by atoms with Gasteiger partial charge in [-0.05, 0) is 27.7 Å². The highest BCUT2D eigenvalue weighted by atomic mass is 19.5. The Labute approximate surface area is 240 Å². The van der Waals surface area contributed by atoms with Crippen molar-refractivity contribution in [3.63, 3.8) is 0 Å². The topological polar surface area (TPSA) is 104 Å². The molecule has 0 radical (unpaired) electrons. The van der Waals surface area contributed by atoms with Crippen LogP contribution in [0, 0.1) is 0 Å². The van der Waals surface area contributed by atoms with Gasteiger partial charge < -0.3 is 32.3 Å². The Balaban J connectivity index is 0. The van der Waals surface area contributed by atoms with Gasteiger partial charge in [-0.3, -0.25) is 7.32 Å². The Morgan fingerprint density at radius 2 is 0.659 bits per heavy atom. The molecule has 0 bridgehead atoms. The minimum absolute atomic E-state index is 1.06. The van der Waals surface area contributed by atoms with Crippen LogP contribution in [0.25, 0.3) is 0 Å². The number of halogens is 4. The molecule has 0 aromatic carbocycles. The third-order valence-corrected chi connectivity index (χ3v) is 4.76. The Kier molecular flexibility index (Phi) is 21.6. The van der Waals surface area contributed by atoms with Crippen molar-refractivity contribution < 1.29 is 50.6 Å². The highest BCUT2D eigenvalue weighted by Gasteiger charge is 2.20. The number of hydrogen-bond acceptors (Lipinski definition) is 3. The van der Waals surface area contributed by atoms with Crippen molar-refractivity contribution in [1.82, 2.24) is 18.3 Å². The van der Waals surface area contributed by atoms with E-state index in [1.807, 2.05) is 71.2 Å². The van der Waals surface area contributed by atoms with E-state index in [0.717, 1.165) is 26.2 Å². The van der Waals surface area contributed by atoms with Crippen LogP contribution in [0.2, 0.25) is 0 Å². The highest BCUT2D eigenvalue weighted by molar-refractivity contribution is 6.50. The Morgan fingerprint density at radius 3 is 0.707 bits per heavy atom. The van der Waals surface area contributed by atoms with E-state index in [2.05, 4.69) is 96.1 Å². The lowest BCUT2D eigenvalue weighted by Gasteiger charge is -2.35. The van der Waals surface area contributed by atoms with Crippen molar-refractivity contribution >= 4 is 14.6 Å². The molecule has 4 aromatic heterocycles. The highest BCUT2D eigenvalue weighted by Crippen LogP contribution is 2.06. The van der Waals surface area contributed by atoms with Gasteiger partial charge in [-0.1, -0.05) is 0 Å². The number of aromatic nitrogens is 8. The van der Waals surface area contributed by atoms with Gasteiger partial charge in [-0.2, -0.15) is 0 Å². The molecule has 11 nitrogen and oxygen atoms in total.